The molecule has 0 spiro atoms. The van der Waals surface area contributed by atoms with E-state index in [4.69, 9.17) is 10.5 Å². The van der Waals surface area contributed by atoms with Crippen LogP contribution in [0.15, 0.2) is 0 Å². The van der Waals surface area contributed by atoms with Crippen molar-refractivity contribution in [3.8, 4) is 0 Å². The molecule has 0 aromatic heterocycles. The van der Waals surface area contributed by atoms with Gasteiger partial charge in [-0.25, -0.2) is 0 Å². The molecule has 2 rings (SSSR count). The average molecular weight is 240 g/mol. The molecule has 100 valence electrons. The van der Waals surface area contributed by atoms with Crippen LogP contribution >= 0.6 is 0 Å². The molecular weight excluding hydrogens is 212 g/mol. The van der Waals surface area contributed by atoms with Gasteiger partial charge in [0.1, 0.15) is 0 Å². The van der Waals surface area contributed by atoms with Crippen LogP contribution in [0.2, 0.25) is 0 Å². The summed E-state index contributed by atoms with van der Waals surface area (Å²) in [4.78, 5) is 2.62. The van der Waals surface area contributed by atoms with Gasteiger partial charge in [-0.15, -0.1) is 0 Å². The summed E-state index contributed by atoms with van der Waals surface area (Å²) in [5.41, 5.74) is 6.37. The molecule has 2 unspecified atom stereocenters. The van der Waals surface area contributed by atoms with Gasteiger partial charge in [-0.3, -0.25) is 4.90 Å². The predicted molar refractivity (Wildman–Crippen MR) is 71.0 cm³/mol. The molecule has 17 heavy (non-hydrogen) atoms. The third kappa shape index (κ3) is 2.83. The smallest absolute Gasteiger partial charge is 0.0753 e. The Kier molecular flexibility index (Phi) is 3.81. The molecule has 2 atom stereocenters. The van der Waals surface area contributed by atoms with Crippen molar-refractivity contribution < 1.29 is 4.74 Å². The van der Waals surface area contributed by atoms with Crippen LogP contribution in [0, 0.1) is 5.92 Å². The van der Waals surface area contributed by atoms with E-state index in [-0.39, 0.29) is 11.1 Å². The first-order valence-electron chi connectivity index (χ1n) is 7.07. The third-order valence-electron chi connectivity index (χ3n) is 4.54. The molecule has 0 bridgehead atoms. The minimum Gasteiger partial charge on any atom is -0.373 e. The van der Waals surface area contributed by atoms with Crippen LogP contribution in [0.4, 0.5) is 0 Å². The van der Waals surface area contributed by atoms with Crippen LogP contribution in [0.3, 0.4) is 0 Å². The Morgan fingerprint density at radius 3 is 2.76 bits per heavy atom. The largest absolute Gasteiger partial charge is 0.373 e. The van der Waals surface area contributed by atoms with Crippen molar-refractivity contribution in [3.05, 3.63) is 0 Å². The molecule has 2 fully saturated rings. The Labute approximate surface area is 106 Å². The first-order chi connectivity index (χ1) is 7.97. The Hall–Kier alpha value is -0.120. The summed E-state index contributed by atoms with van der Waals surface area (Å²) in [5, 5.41) is 0. The van der Waals surface area contributed by atoms with Crippen LogP contribution in [-0.2, 0) is 4.74 Å². The van der Waals surface area contributed by atoms with Crippen LogP contribution in [0.25, 0.3) is 0 Å². The number of ether oxygens (including phenoxy) is 1. The molecule has 2 N–H and O–H groups in total. The highest BCUT2D eigenvalue weighted by atomic mass is 16.5. The quantitative estimate of drug-likeness (QED) is 0.802. The second-order valence-electron chi connectivity index (χ2n) is 6.66. The average Bonchev–Trinajstić information content (AvgIpc) is 2.27. The normalized spacial score (nSPS) is 39.2. The highest BCUT2D eigenvalue weighted by Crippen LogP contribution is 2.38. The zero-order chi connectivity index (χ0) is 12.5. The number of hydrogen-bond acceptors (Lipinski definition) is 3. The van der Waals surface area contributed by atoms with E-state index in [1.54, 1.807) is 0 Å². The number of nitrogens with zero attached hydrogens (tertiary/aromatic N) is 1. The van der Waals surface area contributed by atoms with E-state index in [1.807, 2.05) is 0 Å². The second-order valence-corrected chi connectivity index (χ2v) is 6.66. The van der Waals surface area contributed by atoms with Crippen LogP contribution < -0.4 is 5.73 Å². The Morgan fingerprint density at radius 2 is 2.18 bits per heavy atom. The number of rotatable bonds is 2. The summed E-state index contributed by atoms with van der Waals surface area (Å²) in [7, 11) is 0. The monoisotopic (exact) mass is 240 g/mol. The van der Waals surface area contributed by atoms with Crippen molar-refractivity contribution in [1.82, 2.24) is 4.90 Å². The van der Waals surface area contributed by atoms with Gasteiger partial charge >= 0.3 is 0 Å². The van der Waals surface area contributed by atoms with E-state index in [9.17, 15) is 0 Å². The first kappa shape index (κ1) is 13.3. The zero-order valence-electron chi connectivity index (χ0n) is 11.7. The molecule has 1 heterocycles. The highest BCUT2D eigenvalue weighted by Gasteiger charge is 2.42. The van der Waals surface area contributed by atoms with E-state index in [0.717, 1.165) is 32.2 Å². The van der Waals surface area contributed by atoms with Gasteiger partial charge in [-0.05, 0) is 32.6 Å². The fourth-order valence-corrected chi connectivity index (χ4v) is 3.66. The van der Waals surface area contributed by atoms with E-state index < -0.39 is 0 Å². The van der Waals surface area contributed by atoms with Gasteiger partial charge in [-0.2, -0.15) is 0 Å². The molecule has 3 heteroatoms. The van der Waals surface area contributed by atoms with Gasteiger partial charge in [0.2, 0.25) is 0 Å². The van der Waals surface area contributed by atoms with Crippen molar-refractivity contribution in [1.29, 1.82) is 0 Å². The van der Waals surface area contributed by atoms with Crippen molar-refractivity contribution in [2.24, 2.45) is 11.7 Å². The highest BCUT2D eigenvalue weighted by molar-refractivity contribution is 4.98. The summed E-state index contributed by atoms with van der Waals surface area (Å²) >= 11 is 0. The fraction of sp³-hybridized carbons (Fsp3) is 1.00. The molecule has 3 nitrogen and oxygen atoms in total. The lowest BCUT2D eigenvalue weighted by Gasteiger charge is -2.52. The summed E-state index contributed by atoms with van der Waals surface area (Å²) in [5.74, 6) is 0.818. The van der Waals surface area contributed by atoms with E-state index in [2.05, 4.69) is 25.7 Å². The van der Waals surface area contributed by atoms with Gasteiger partial charge in [0.15, 0.2) is 0 Å². The second kappa shape index (κ2) is 4.87. The van der Waals surface area contributed by atoms with Gasteiger partial charge in [0.25, 0.3) is 0 Å². The molecule has 1 aliphatic heterocycles. The standard InChI is InChI=1S/C14H28N2O/c1-12-5-4-6-14(9-12,10-15)16-7-8-17-13(2,3)11-16/h12H,4-11,15H2,1-3H3. The summed E-state index contributed by atoms with van der Waals surface area (Å²) < 4.78 is 5.82. The molecule has 0 aromatic rings. The van der Waals surface area contributed by atoms with E-state index >= 15 is 0 Å². The molecule has 1 aliphatic carbocycles. The Balaban J connectivity index is 2.11. The maximum Gasteiger partial charge on any atom is 0.0753 e. The minimum absolute atomic E-state index is 0.0128. The topological polar surface area (TPSA) is 38.5 Å². The first-order valence-corrected chi connectivity index (χ1v) is 7.07. The third-order valence-corrected chi connectivity index (χ3v) is 4.54. The van der Waals surface area contributed by atoms with Gasteiger partial charge in [0.05, 0.1) is 12.2 Å². The lowest BCUT2D eigenvalue weighted by molar-refractivity contribution is -0.124. The summed E-state index contributed by atoms with van der Waals surface area (Å²) in [6, 6.07) is 0. The molecular formula is C14H28N2O. The molecule has 2 aliphatic rings. The predicted octanol–water partition coefficient (Wildman–Crippen LogP) is 2.00. The molecule has 0 amide bonds. The number of hydrogen-bond donors (Lipinski definition) is 1. The lowest BCUT2D eigenvalue weighted by atomic mass is 9.74. The van der Waals surface area contributed by atoms with Crippen LogP contribution in [0.5, 0.6) is 0 Å². The van der Waals surface area contributed by atoms with E-state index in [0.29, 0.717) is 0 Å². The number of morpholine rings is 1. The van der Waals surface area contributed by atoms with Gasteiger partial charge < -0.3 is 10.5 Å². The van der Waals surface area contributed by atoms with Gasteiger partial charge in [-0.1, -0.05) is 19.8 Å². The SMILES string of the molecule is CC1CCCC(CN)(N2CCOC(C)(C)C2)C1. The lowest BCUT2D eigenvalue weighted by Crippen LogP contribution is -2.62. The zero-order valence-corrected chi connectivity index (χ0v) is 11.7. The molecule has 0 radical (unpaired) electrons. The molecule has 1 saturated carbocycles. The fourth-order valence-electron chi connectivity index (χ4n) is 3.66. The van der Waals surface area contributed by atoms with Crippen LogP contribution in [0.1, 0.15) is 46.5 Å². The Bertz CT molecular complexity index is 267. The number of nitrogens with two attached hydrogens (primary N) is 1. The maximum absolute atomic E-state index is 6.14. The van der Waals surface area contributed by atoms with Gasteiger partial charge in [0, 0.05) is 25.2 Å². The van der Waals surface area contributed by atoms with Crippen molar-refractivity contribution in [2.45, 2.75) is 57.6 Å². The summed E-state index contributed by atoms with van der Waals surface area (Å²) in [6.45, 7) is 10.5. The van der Waals surface area contributed by atoms with Crippen molar-refractivity contribution >= 4 is 0 Å². The maximum atomic E-state index is 6.14. The van der Waals surface area contributed by atoms with Crippen molar-refractivity contribution in [3.63, 3.8) is 0 Å². The van der Waals surface area contributed by atoms with Crippen molar-refractivity contribution in [2.75, 3.05) is 26.2 Å². The Morgan fingerprint density at radius 1 is 1.41 bits per heavy atom. The van der Waals surface area contributed by atoms with Crippen LogP contribution in [-0.4, -0.2) is 42.3 Å². The molecule has 0 aromatic carbocycles. The van der Waals surface area contributed by atoms with E-state index in [1.165, 1.54) is 25.7 Å². The summed E-state index contributed by atoms with van der Waals surface area (Å²) in [6.07, 6.45) is 5.23. The molecule has 1 saturated heterocycles. The minimum atomic E-state index is -0.0128.